The van der Waals surface area contributed by atoms with Crippen LogP contribution in [0.25, 0.3) is 22.3 Å². The van der Waals surface area contributed by atoms with E-state index in [0.717, 1.165) is 32.6 Å². The van der Waals surface area contributed by atoms with Gasteiger partial charge in [-0.15, -0.1) is 0 Å². The molecule has 0 spiro atoms. The van der Waals surface area contributed by atoms with Gasteiger partial charge in [-0.2, -0.15) is 9.97 Å². The maximum atomic E-state index is 14.2. The molecule has 4 unspecified atom stereocenters. The van der Waals surface area contributed by atoms with E-state index >= 15 is 0 Å². The number of fused-ring (bicyclic) bond motifs is 2. The van der Waals surface area contributed by atoms with Gasteiger partial charge in [-0.3, -0.25) is 88.4 Å². The summed E-state index contributed by atoms with van der Waals surface area (Å²) in [5.41, 5.74) is 12.5. The van der Waals surface area contributed by atoms with Crippen molar-refractivity contribution in [3.63, 3.8) is 0 Å². The normalized spacial score (nSPS) is 29.7. The number of nitrogen functional groups attached to an aromatic ring is 3. The fourth-order valence-corrected chi connectivity index (χ4v) is 15.4. The van der Waals surface area contributed by atoms with E-state index in [1.807, 2.05) is 0 Å². The molecule has 19 atom stereocenters. The summed E-state index contributed by atoms with van der Waals surface area (Å²) in [7, 11) is -21.6. The molecule has 538 valence electrons. The highest BCUT2D eigenvalue weighted by atomic mass is 31.2. The van der Waals surface area contributed by atoms with Crippen LogP contribution in [0.2, 0.25) is 0 Å². The van der Waals surface area contributed by atoms with Gasteiger partial charge in [0.25, 0.3) is 16.7 Å². The third-order valence-electron chi connectivity index (χ3n) is 16.3. The number of phosphoric acid groups is 4. The molecule has 0 aromatic carbocycles. The van der Waals surface area contributed by atoms with Crippen LogP contribution in [0.5, 0.6) is 0 Å². The lowest BCUT2D eigenvalue weighted by Crippen LogP contribution is -2.33. The SMILES string of the molecule is Cc1cn([C@H]2C[C@H](OP(=O)(O)OC[C@H]3O[C@@H](n4cnc5c(N)ncnc54)C[C@@H]3OP(=O)(O)OC[C@H]3O[C@@H](n4cc(C)c(=O)[nH]c4=O)C[C@@H]3O)[C@@H](COP(=O)(O)O[C@H]3C[C@H](n4cnc5c(=O)[nH]c(N)nc54)O[C@@H]3COP(=O)(O)O[C@H]3C[C@H](n4ccc(N)nc4=O)O[C@@H]3CO)O2)c(=O)[nH]c1=O. The van der Waals surface area contributed by atoms with E-state index in [0.29, 0.717) is 0 Å². The number of aryl methyl sites for hydroxylation is 2. The number of nitrogens with one attached hydrogen (secondary N) is 3. The molecule has 5 aliphatic rings. The number of nitrogens with zero attached hydrogens (tertiary/aromatic N) is 11. The van der Waals surface area contributed by atoms with Crippen LogP contribution in [0.4, 0.5) is 17.6 Å². The number of hydrogen-bond donors (Lipinski definition) is 12. The number of rotatable bonds is 26. The van der Waals surface area contributed by atoms with Gasteiger partial charge >= 0.3 is 48.4 Å². The Labute approximate surface area is 550 Å². The van der Waals surface area contributed by atoms with Crippen LogP contribution in [0.15, 0.2) is 72.4 Å². The van der Waals surface area contributed by atoms with Crippen LogP contribution in [-0.4, -0.2) is 192 Å². The second-order valence-electron chi connectivity index (χ2n) is 23.1. The van der Waals surface area contributed by atoms with E-state index in [2.05, 4.69) is 44.9 Å². The predicted octanol–water partition coefficient (Wildman–Crippen LogP) is -2.52. The van der Waals surface area contributed by atoms with Crippen LogP contribution < -0.4 is 50.9 Å². The van der Waals surface area contributed by atoms with E-state index < -0.39 is 203 Å². The number of H-pyrrole nitrogens is 3. The molecule has 5 saturated heterocycles. The van der Waals surface area contributed by atoms with Crippen molar-refractivity contribution in [2.45, 2.75) is 138 Å². The van der Waals surface area contributed by atoms with Crippen LogP contribution in [0.1, 0.15) is 74.4 Å². The van der Waals surface area contributed by atoms with Crippen molar-refractivity contribution in [3.05, 3.63) is 117 Å². The number of hydrogen-bond acceptors (Lipinski definition) is 34. The first-order valence-corrected chi connectivity index (χ1v) is 35.6. The third kappa shape index (κ3) is 15.9. The maximum absolute atomic E-state index is 14.2. The minimum atomic E-state index is -5.53. The van der Waals surface area contributed by atoms with Gasteiger partial charge in [0.05, 0.1) is 51.8 Å². The first-order valence-electron chi connectivity index (χ1n) is 29.6. The zero-order valence-electron chi connectivity index (χ0n) is 51.3. The second-order valence-corrected chi connectivity index (χ2v) is 28.7. The quantitative estimate of drug-likeness (QED) is 0.0249. The fraction of sp³-hybridized carbons (Fsp3) is 0.551. The number of aliphatic hydroxyl groups excluding tert-OH is 2. The lowest BCUT2D eigenvalue weighted by Gasteiger charge is -2.25. The van der Waals surface area contributed by atoms with E-state index in [1.165, 1.54) is 47.8 Å². The van der Waals surface area contributed by atoms with E-state index in [1.54, 1.807) is 0 Å². The smallest absolute Gasteiger partial charge is 0.394 e. The number of anilines is 3. The molecule has 5 fully saturated rings. The van der Waals surface area contributed by atoms with E-state index in [9.17, 15) is 76.8 Å². The van der Waals surface area contributed by atoms with Crippen molar-refractivity contribution in [1.29, 1.82) is 0 Å². The van der Waals surface area contributed by atoms with Crippen molar-refractivity contribution in [3.8, 4) is 0 Å². The highest BCUT2D eigenvalue weighted by molar-refractivity contribution is 7.48. The number of aromatic nitrogens is 14. The lowest BCUT2D eigenvalue weighted by molar-refractivity contribution is -0.0642. The lowest BCUT2D eigenvalue weighted by atomic mass is 10.2. The number of phosphoric ester groups is 4. The molecule has 0 saturated carbocycles. The van der Waals surface area contributed by atoms with Crippen molar-refractivity contribution < 1.29 is 108 Å². The van der Waals surface area contributed by atoms with Crippen LogP contribution in [0, 0.1) is 13.8 Å². The Kier molecular flexibility index (Phi) is 20.4. The van der Waals surface area contributed by atoms with E-state index in [-0.39, 0.29) is 70.3 Å². The highest BCUT2D eigenvalue weighted by Crippen LogP contribution is 2.55. The van der Waals surface area contributed by atoms with E-state index in [4.69, 9.17) is 77.1 Å². The molecule has 46 nitrogen and oxygen atoms in total. The minimum Gasteiger partial charge on any atom is -0.394 e. The van der Waals surface area contributed by atoms with Crippen LogP contribution >= 0.6 is 31.3 Å². The molecular weight excluding hydrogens is 1410 g/mol. The van der Waals surface area contributed by atoms with Crippen molar-refractivity contribution in [1.82, 2.24) is 67.7 Å². The number of imidazole rings is 2. The first-order chi connectivity index (χ1) is 46.8. The van der Waals surface area contributed by atoms with Gasteiger partial charge < -0.3 is 70.7 Å². The molecule has 12 heterocycles. The van der Waals surface area contributed by atoms with Gasteiger partial charge in [0.2, 0.25) is 5.95 Å². The largest absolute Gasteiger partial charge is 0.472 e. The summed E-state index contributed by atoms with van der Waals surface area (Å²) in [6, 6.07) is 1.29. The predicted molar refractivity (Wildman–Crippen MR) is 326 cm³/mol. The van der Waals surface area contributed by atoms with Crippen LogP contribution in [-0.2, 0) is 78.1 Å². The monoisotopic (exact) mass is 1480 g/mol. The van der Waals surface area contributed by atoms with Gasteiger partial charge in [0.15, 0.2) is 22.6 Å². The Morgan fingerprint density at radius 2 is 0.929 bits per heavy atom. The fourth-order valence-electron chi connectivity index (χ4n) is 11.5. The van der Waals surface area contributed by atoms with Crippen molar-refractivity contribution >= 4 is 71.2 Å². The first kappa shape index (κ1) is 71.5. The second kappa shape index (κ2) is 28.3. The molecule has 5 aliphatic heterocycles. The summed E-state index contributed by atoms with van der Waals surface area (Å²) >= 11 is 0. The zero-order valence-corrected chi connectivity index (χ0v) is 54.9. The van der Waals surface area contributed by atoms with Gasteiger partial charge in [-0.1, -0.05) is 0 Å². The molecule has 12 rings (SSSR count). The summed E-state index contributed by atoms with van der Waals surface area (Å²) < 4.78 is 135. The highest BCUT2D eigenvalue weighted by Gasteiger charge is 2.50. The summed E-state index contributed by atoms with van der Waals surface area (Å²) in [6.45, 7) is -1.87. The summed E-state index contributed by atoms with van der Waals surface area (Å²) in [5, 5.41) is 20.9. The molecule has 7 aromatic rings. The van der Waals surface area contributed by atoms with Gasteiger partial charge in [0, 0.05) is 61.8 Å². The number of ether oxygens (including phenoxy) is 5. The molecule has 0 bridgehead atoms. The average Bonchev–Trinajstić information content (AvgIpc) is 1.65. The standard InChI is InChI=1S/C49H63N17O29P4/c1-20-10-63(48(73)60-43(20)69)33-5-22(68)28(88-33)13-83-96(75,76)94-25-8-36(65-18-55-38-40(51)53-17-54-41(38)65)90-30(25)15-86-98(79,80)93-24-7-35(64-11-21(2)44(70)61-49(64)74)89-29(24)14-85-99(81,82)95-26-9-37(66-19-56-39-42(66)58-46(52)59-45(39)71)91-31(26)16-84-97(77,78)92-23-6-34(87-27(23)12-67)62-4-3-32(50)57-47(62)72/h3-4,10-11,17-19,22-31,33-37,67-68H,5-9,12-16H2,1-2H3,(H,75,76)(H,77,78)(H,79,80)(H,81,82)(H2,50,57,72)(H2,51,53,54)(H,60,69,73)(H,61,70,74)(H3,52,58,59,71)/t22-,23-,24-,25-,26-,27+,28+,29+,30+,31+,33+,34+,35+,36+,37+/m0/s1. The van der Waals surface area contributed by atoms with Crippen molar-refractivity contribution in [2.24, 2.45) is 0 Å². The molecule has 99 heavy (non-hydrogen) atoms. The molecule has 0 radical (unpaired) electrons. The number of aliphatic hydroxyl groups is 2. The maximum Gasteiger partial charge on any atom is 0.472 e. The summed E-state index contributed by atoms with van der Waals surface area (Å²) in [6.07, 6.45) is -16.6. The number of aromatic amines is 3. The van der Waals surface area contributed by atoms with Crippen molar-refractivity contribution in [2.75, 3.05) is 50.2 Å². The molecule has 50 heteroatoms. The Morgan fingerprint density at radius 1 is 0.515 bits per heavy atom. The Hall–Kier alpha value is -7.30. The van der Waals surface area contributed by atoms with Gasteiger partial charge in [-0.25, -0.2) is 52.6 Å². The summed E-state index contributed by atoms with van der Waals surface area (Å²) in [5.74, 6) is -0.486. The Balaban J connectivity index is 0.745. The molecule has 0 amide bonds. The number of nitrogens with two attached hydrogens (primary N) is 3. The Bertz CT molecular complexity index is 4780. The Morgan fingerprint density at radius 3 is 1.41 bits per heavy atom. The zero-order chi connectivity index (χ0) is 70.8. The topological polar surface area (TPSA) is 639 Å². The molecular formula is C49H63N17O29P4. The molecule has 15 N–H and O–H groups in total. The minimum absolute atomic E-state index is 0.00663. The third-order valence-corrected chi connectivity index (χ3v) is 20.4. The summed E-state index contributed by atoms with van der Waals surface area (Å²) in [4.78, 5) is 151. The van der Waals surface area contributed by atoms with Gasteiger partial charge in [-0.05, 0) is 19.9 Å². The molecule has 7 aromatic heterocycles. The molecule has 0 aliphatic carbocycles. The van der Waals surface area contributed by atoms with Gasteiger partial charge in [0.1, 0.15) is 104 Å². The average molecular weight is 1480 g/mol. The van der Waals surface area contributed by atoms with Crippen LogP contribution in [0.3, 0.4) is 0 Å².